The van der Waals surface area contributed by atoms with Crippen molar-refractivity contribution in [2.24, 2.45) is 0 Å². The van der Waals surface area contributed by atoms with E-state index in [0.717, 1.165) is 35.5 Å². The number of fused-ring (bicyclic) bond motifs is 1. The Kier molecular flexibility index (Phi) is 7.70. The molecule has 0 radical (unpaired) electrons. The molecule has 1 aliphatic rings. The summed E-state index contributed by atoms with van der Waals surface area (Å²) in [7, 11) is 0. The van der Waals surface area contributed by atoms with Gasteiger partial charge in [0.15, 0.2) is 5.82 Å². The van der Waals surface area contributed by atoms with Gasteiger partial charge in [0.25, 0.3) is 11.8 Å². The van der Waals surface area contributed by atoms with Crippen molar-refractivity contribution in [3.8, 4) is 11.3 Å². The fourth-order valence-electron chi connectivity index (χ4n) is 4.93. The highest BCUT2D eigenvalue weighted by molar-refractivity contribution is 6.07. The number of rotatable bonds is 4. The minimum Gasteiger partial charge on any atom is -0.382 e. The predicted octanol–water partition coefficient (Wildman–Crippen LogP) is 4.67. The monoisotopic (exact) mass is 644 g/mol. The van der Waals surface area contributed by atoms with Crippen LogP contribution in [0, 0.1) is 11.6 Å². The minimum absolute atomic E-state index is 0.158. The maximum atomic E-state index is 15.2. The zero-order chi connectivity index (χ0) is 33.0. The lowest BCUT2D eigenvalue weighted by molar-refractivity contribution is -0.184. The summed E-state index contributed by atoms with van der Waals surface area (Å²) in [4.78, 5) is 42.5. The number of carbonyl (C=O) groups excluding carboxylic acids is 3. The molecular formula is C27H17F9N6O3. The summed E-state index contributed by atoms with van der Waals surface area (Å²) < 4.78 is 126. The highest BCUT2D eigenvalue weighted by Crippen LogP contribution is 2.39. The van der Waals surface area contributed by atoms with Crippen LogP contribution in [0.5, 0.6) is 0 Å². The van der Waals surface area contributed by atoms with Gasteiger partial charge in [-0.2, -0.15) is 31.4 Å². The molecule has 0 bridgehead atoms. The SMILES string of the molecule is Nc1ncnn2c(-c3cc(C(=O)N(C(=O)C(F)(F)F)[C@@H]4CN(C(=O)c5ccc(F)cc5)C[C@@H]4F)ccc3F)cc(C(F)(F)F)c12. The smallest absolute Gasteiger partial charge is 0.382 e. The molecule has 0 unspecified atom stereocenters. The molecule has 9 nitrogen and oxygen atoms in total. The molecular weight excluding hydrogens is 627 g/mol. The fraction of sp³-hybridized carbons (Fsp3) is 0.222. The second-order valence-corrected chi connectivity index (χ2v) is 9.82. The van der Waals surface area contributed by atoms with Crippen molar-refractivity contribution >= 4 is 29.1 Å². The van der Waals surface area contributed by atoms with E-state index in [1.54, 1.807) is 0 Å². The molecule has 3 heterocycles. The van der Waals surface area contributed by atoms with Crippen molar-refractivity contribution in [1.82, 2.24) is 24.4 Å². The number of hydrogen-bond acceptors (Lipinski definition) is 6. The Morgan fingerprint density at radius 2 is 1.56 bits per heavy atom. The van der Waals surface area contributed by atoms with E-state index in [2.05, 4.69) is 10.1 Å². The number of anilines is 1. The largest absolute Gasteiger partial charge is 0.471 e. The Labute approximate surface area is 245 Å². The van der Waals surface area contributed by atoms with Crippen LogP contribution < -0.4 is 5.73 Å². The molecule has 1 saturated heterocycles. The molecule has 4 aromatic rings. The Morgan fingerprint density at radius 1 is 0.911 bits per heavy atom. The van der Waals surface area contributed by atoms with E-state index in [1.807, 2.05) is 0 Å². The molecule has 1 fully saturated rings. The predicted molar refractivity (Wildman–Crippen MR) is 136 cm³/mol. The van der Waals surface area contributed by atoms with Crippen LogP contribution in [0.3, 0.4) is 0 Å². The molecule has 2 aromatic heterocycles. The molecule has 0 saturated carbocycles. The van der Waals surface area contributed by atoms with Crippen LogP contribution in [-0.2, 0) is 11.0 Å². The summed E-state index contributed by atoms with van der Waals surface area (Å²) in [6.45, 7) is -1.74. The third-order valence-electron chi connectivity index (χ3n) is 6.99. The number of amides is 3. The van der Waals surface area contributed by atoms with E-state index >= 15 is 8.78 Å². The van der Waals surface area contributed by atoms with E-state index in [9.17, 15) is 45.1 Å². The van der Waals surface area contributed by atoms with E-state index in [0.29, 0.717) is 28.8 Å². The van der Waals surface area contributed by atoms with Crippen molar-refractivity contribution < 1.29 is 53.9 Å². The number of halogens is 9. The highest BCUT2D eigenvalue weighted by Gasteiger charge is 2.52. The first kappa shape index (κ1) is 31.3. The quantitative estimate of drug-likeness (QED) is 0.323. The van der Waals surface area contributed by atoms with Crippen molar-refractivity contribution in [3.05, 3.63) is 83.2 Å². The molecule has 2 N–H and O–H groups in total. The van der Waals surface area contributed by atoms with Gasteiger partial charge in [0.05, 0.1) is 23.8 Å². The summed E-state index contributed by atoms with van der Waals surface area (Å²) >= 11 is 0. The summed E-state index contributed by atoms with van der Waals surface area (Å²) in [5.41, 5.74) is 1.02. The Morgan fingerprint density at radius 3 is 2.18 bits per heavy atom. The van der Waals surface area contributed by atoms with Crippen LogP contribution in [0.2, 0.25) is 0 Å². The van der Waals surface area contributed by atoms with E-state index in [-0.39, 0.29) is 5.56 Å². The standard InChI is InChI=1S/C27H17F9N6O3/c28-14-4-1-12(2-5-14)23(43)40-9-18(30)20(10-40)41(25(45)27(34,35)36)24(44)13-3-6-17(29)15(7-13)19-8-16(26(31,32)33)21-22(37)38-11-39-42(19)21/h1-8,11,18,20H,9-10H2,(H2,37,38,39)/t18-,20+/m0/s1. The first-order chi connectivity index (χ1) is 21.0. The number of nitrogens with two attached hydrogens (primary N) is 1. The Balaban J connectivity index is 1.56. The lowest BCUT2D eigenvalue weighted by atomic mass is 10.0. The summed E-state index contributed by atoms with van der Waals surface area (Å²) in [6, 6.07) is 3.91. The highest BCUT2D eigenvalue weighted by atomic mass is 19.4. The minimum atomic E-state index is -5.72. The Hall–Kier alpha value is -5.16. The number of nitrogens with zero attached hydrogens (tertiary/aromatic N) is 5. The second kappa shape index (κ2) is 11.1. The van der Waals surface area contributed by atoms with Gasteiger partial charge in [0, 0.05) is 23.2 Å². The van der Waals surface area contributed by atoms with Gasteiger partial charge in [-0.1, -0.05) is 0 Å². The Bertz CT molecular complexity index is 1820. The lowest BCUT2D eigenvalue weighted by Crippen LogP contribution is -2.54. The molecule has 18 heteroatoms. The van der Waals surface area contributed by atoms with Crippen molar-refractivity contribution in [3.63, 3.8) is 0 Å². The lowest BCUT2D eigenvalue weighted by Gasteiger charge is -2.29. The zero-order valence-corrected chi connectivity index (χ0v) is 22.2. The average molecular weight is 644 g/mol. The molecule has 1 aliphatic heterocycles. The van der Waals surface area contributed by atoms with Crippen molar-refractivity contribution in [2.75, 3.05) is 18.8 Å². The number of alkyl halides is 7. The van der Waals surface area contributed by atoms with Gasteiger partial charge >= 0.3 is 18.3 Å². The normalized spacial score (nSPS) is 17.1. The summed E-state index contributed by atoms with van der Waals surface area (Å²) in [5.74, 6) is -8.13. The summed E-state index contributed by atoms with van der Waals surface area (Å²) in [5, 5.41) is 3.64. The van der Waals surface area contributed by atoms with Gasteiger partial charge in [-0.05, 0) is 48.5 Å². The van der Waals surface area contributed by atoms with Crippen LogP contribution >= 0.6 is 0 Å². The molecule has 45 heavy (non-hydrogen) atoms. The van der Waals surface area contributed by atoms with Gasteiger partial charge in [0.1, 0.15) is 29.7 Å². The van der Waals surface area contributed by atoms with Gasteiger partial charge in [-0.15, -0.1) is 0 Å². The van der Waals surface area contributed by atoms with Crippen molar-refractivity contribution in [1.29, 1.82) is 0 Å². The fourth-order valence-corrected chi connectivity index (χ4v) is 4.93. The van der Waals surface area contributed by atoms with Gasteiger partial charge < -0.3 is 10.6 Å². The van der Waals surface area contributed by atoms with Gasteiger partial charge in [0.2, 0.25) is 0 Å². The number of hydrogen-bond donors (Lipinski definition) is 1. The number of imide groups is 1. The molecule has 2 atom stereocenters. The van der Waals surface area contributed by atoms with Crippen LogP contribution in [0.25, 0.3) is 16.8 Å². The number of likely N-dealkylation sites (tertiary alicyclic amines) is 1. The molecule has 0 spiro atoms. The van der Waals surface area contributed by atoms with E-state index in [4.69, 9.17) is 5.73 Å². The third-order valence-corrected chi connectivity index (χ3v) is 6.99. The van der Waals surface area contributed by atoms with Gasteiger partial charge in [-0.3, -0.25) is 19.3 Å². The van der Waals surface area contributed by atoms with Crippen LogP contribution in [0.15, 0.2) is 54.9 Å². The van der Waals surface area contributed by atoms with Crippen LogP contribution in [0.1, 0.15) is 26.3 Å². The summed E-state index contributed by atoms with van der Waals surface area (Å²) in [6.07, 6.45) is -12.4. The average Bonchev–Trinajstić information content (AvgIpc) is 3.55. The molecule has 0 aliphatic carbocycles. The maximum Gasteiger partial charge on any atom is 0.471 e. The number of benzene rings is 2. The topological polar surface area (TPSA) is 114 Å². The zero-order valence-electron chi connectivity index (χ0n) is 22.2. The molecule has 2 aromatic carbocycles. The molecule has 3 amide bonds. The molecule has 5 rings (SSSR count). The number of aromatic nitrogens is 3. The van der Waals surface area contributed by atoms with Crippen LogP contribution in [-0.4, -0.2) is 73.6 Å². The first-order valence-electron chi connectivity index (χ1n) is 12.6. The molecule has 236 valence electrons. The second-order valence-electron chi connectivity index (χ2n) is 9.82. The van der Waals surface area contributed by atoms with Crippen molar-refractivity contribution in [2.45, 2.75) is 24.6 Å². The van der Waals surface area contributed by atoms with E-state index in [1.165, 1.54) is 0 Å². The van der Waals surface area contributed by atoms with Gasteiger partial charge in [-0.25, -0.2) is 22.7 Å². The number of carbonyl (C=O) groups is 3. The first-order valence-corrected chi connectivity index (χ1v) is 12.6. The maximum absolute atomic E-state index is 15.2. The van der Waals surface area contributed by atoms with Crippen LogP contribution in [0.4, 0.5) is 45.3 Å². The number of nitrogen functional groups attached to an aromatic ring is 1. The van der Waals surface area contributed by atoms with E-state index < -0.39 is 106 Å². The third kappa shape index (κ3) is 5.74.